The van der Waals surface area contributed by atoms with E-state index in [2.05, 4.69) is 0 Å². The summed E-state index contributed by atoms with van der Waals surface area (Å²) in [5, 5.41) is 2.00. The summed E-state index contributed by atoms with van der Waals surface area (Å²) in [6.07, 6.45) is -3.09. The van der Waals surface area contributed by atoms with Gasteiger partial charge in [-0.1, -0.05) is 42.5 Å². The quantitative estimate of drug-likeness (QED) is 0.776. The van der Waals surface area contributed by atoms with Crippen LogP contribution >= 0.6 is 0 Å². The van der Waals surface area contributed by atoms with Crippen molar-refractivity contribution in [1.29, 1.82) is 0 Å². The van der Waals surface area contributed by atoms with Gasteiger partial charge >= 0.3 is 0 Å². The molecule has 0 aromatic heterocycles. The standard InChI is InChI=1S/C13H10F2O/c14-13(15)12(16)8-9-5-6-10-3-1-2-4-11(10)7-9/h1-7,13H,8H2. The number of fused-ring (bicyclic) bond motifs is 1. The molecule has 2 rings (SSSR count). The smallest absolute Gasteiger partial charge is 0.293 e. The molecule has 1 nitrogen and oxygen atoms in total. The fraction of sp³-hybridized carbons (Fsp3) is 0.154. The summed E-state index contributed by atoms with van der Waals surface area (Å²) >= 11 is 0. The van der Waals surface area contributed by atoms with Crippen LogP contribution in [-0.2, 0) is 11.2 Å². The van der Waals surface area contributed by atoms with Gasteiger partial charge in [0.1, 0.15) is 0 Å². The van der Waals surface area contributed by atoms with E-state index in [1.165, 1.54) is 0 Å². The van der Waals surface area contributed by atoms with Crippen LogP contribution in [0.4, 0.5) is 8.78 Å². The number of hydrogen-bond donors (Lipinski definition) is 0. The largest absolute Gasteiger partial charge is 0.296 e. The second-order valence-corrected chi connectivity index (χ2v) is 3.63. The Kier molecular flexibility index (Phi) is 2.95. The molecule has 0 aliphatic heterocycles. The second kappa shape index (κ2) is 4.39. The van der Waals surface area contributed by atoms with Crippen molar-refractivity contribution in [3.8, 4) is 0 Å². The van der Waals surface area contributed by atoms with Gasteiger partial charge in [0.05, 0.1) is 0 Å². The van der Waals surface area contributed by atoms with Crippen molar-refractivity contribution in [3.05, 3.63) is 48.0 Å². The van der Waals surface area contributed by atoms with E-state index in [9.17, 15) is 13.6 Å². The zero-order chi connectivity index (χ0) is 11.5. The fourth-order valence-electron chi connectivity index (χ4n) is 1.63. The molecule has 0 aliphatic carbocycles. The number of hydrogen-bond acceptors (Lipinski definition) is 1. The molecule has 0 spiro atoms. The topological polar surface area (TPSA) is 17.1 Å². The molecule has 82 valence electrons. The first-order valence-electron chi connectivity index (χ1n) is 4.95. The number of carbonyl (C=O) groups excluding carboxylic acids is 1. The maximum Gasteiger partial charge on any atom is 0.296 e. The van der Waals surface area contributed by atoms with Crippen LogP contribution in [0.15, 0.2) is 42.5 Å². The zero-order valence-corrected chi connectivity index (χ0v) is 8.49. The van der Waals surface area contributed by atoms with Crippen molar-refractivity contribution in [3.63, 3.8) is 0 Å². The number of alkyl halides is 2. The molecule has 0 radical (unpaired) electrons. The Morgan fingerprint density at radius 3 is 2.44 bits per heavy atom. The second-order valence-electron chi connectivity index (χ2n) is 3.63. The molecule has 0 heterocycles. The van der Waals surface area contributed by atoms with Gasteiger partial charge in [0.25, 0.3) is 6.43 Å². The lowest BCUT2D eigenvalue weighted by molar-refractivity contribution is -0.128. The Labute approximate surface area is 91.7 Å². The predicted octanol–water partition coefficient (Wildman–Crippen LogP) is 3.22. The van der Waals surface area contributed by atoms with Gasteiger partial charge in [-0.3, -0.25) is 4.79 Å². The minimum absolute atomic E-state index is 0.206. The minimum atomic E-state index is -2.88. The lowest BCUT2D eigenvalue weighted by Gasteiger charge is -2.02. The number of carbonyl (C=O) groups is 1. The summed E-state index contributed by atoms with van der Waals surface area (Å²) in [7, 11) is 0. The van der Waals surface area contributed by atoms with Gasteiger partial charge in [0.15, 0.2) is 0 Å². The molecule has 0 atom stereocenters. The number of halogens is 2. The average molecular weight is 220 g/mol. The van der Waals surface area contributed by atoms with Gasteiger partial charge in [0.2, 0.25) is 5.78 Å². The summed E-state index contributed by atoms with van der Waals surface area (Å²) in [6.45, 7) is 0. The molecule has 16 heavy (non-hydrogen) atoms. The summed E-state index contributed by atoms with van der Waals surface area (Å²) in [5.74, 6) is -1.03. The monoisotopic (exact) mass is 220 g/mol. The van der Waals surface area contributed by atoms with E-state index in [1.807, 2.05) is 30.3 Å². The maximum absolute atomic E-state index is 12.1. The van der Waals surface area contributed by atoms with E-state index in [0.29, 0.717) is 5.56 Å². The Balaban J connectivity index is 2.29. The highest BCUT2D eigenvalue weighted by atomic mass is 19.3. The summed E-state index contributed by atoms with van der Waals surface area (Å²) < 4.78 is 24.2. The van der Waals surface area contributed by atoms with Gasteiger partial charge in [-0.15, -0.1) is 0 Å². The number of benzene rings is 2. The molecule has 0 bridgehead atoms. The van der Waals surface area contributed by atoms with E-state index >= 15 is 0 Å². The fourth-order valence-corrected chi connectivity index (χ4v) is 1.63. The molecular formula is C13H10F2O. The van der Waals surface area contributed by atoms with Crippen LogP contribution in [-0.4, -0.2) is 12.2 Å². The van der Waals surface area contributed by atoms with Crippen molar-refractivity contribution in [2.24, 2.45) is 0 Å². The van der Waals surface area contributed by atoms with Crippen LogP contribution in [0.1, 0.15) is 5.56 Å². The van der Waals surface area contributed by atoms with Crippen LogP contribution in [0.2, 0.25) is 0 Å². The molecule has 0 amide bonds. The summed E-state index contributed by atoms with van der Waals surface area (Å²) in [6, 6.07) is 12.9. The van der Waals surface area contributed by atoms with Gasteiger partial charge in [-0.25, -0.2) is 8.78 Å². The van der Waals surface area contributed by atoms with Crippen molar-refractivity contribution >= 4 is 16.6 Å². The number of Topliss-reactive ketones (excluding diaryl/α,β-unsaturated/α-hetero) is 1. The zero-order valence-electron chi connectivity index (χ0n) is 8.49. The molecule has 3 heteroatoms. The van der Waals surface area contributed by atoms with E-state index in [-0.39, 0.29) is 6.42 Å². The van der Waals surface area contributed by atoms with Crippen molar-refractivity contribution in [2.45, 2.75) is 12.8 Å². The molecule has 0 saturated carbocycles. The van der Waals surface area contributed by atoms with Crippen molar-refractivity contribution in [2.75, 3.05) is 0 Å². The third kappa shape index (κ3) is 2.24. The Bertz CT molecular complexity index is 520. The molecule has 2 aromatic rings. The lowest BCUT2D eigenvalue weighted by Crippen LogP contribution is -2.12. The molecule has 2 aromatic carbocycles. The van der Waals surface area contributed by atoms with Crippen LogP contribution in [0, 0.1) is 0 Å². The molecule has 0 aliphatic rings. The maximum atomic E-state index is 12.1. The molecule has 0 N–H and O–H groups in total. The highest BCUT2D eigenvalue weighted by molar-refractivity contribution is 5.87. The Hall–Kier alpha value is -1.77. The lowest BCUT2D eigenvalue weighted by atomic mass is 10.0. The van der Waals surface area contributed by atoms with Gasteiger partial charge in [-0.2, -0.15) is 0 Å². The third-order valence-electron chi connectivity index (χ3n) is 2.44. The first-order valence-corrected chi connectivity index (χ1v) is 4.95. The van der Waals surface area contributed by atoms with Crippen LogP contribution in [0.3, 0.4) is 0 Å². The molecule has 0 unspecified atom stereocenters. The highest BCUT2D eigenvalue weighted by Crippen LogP contribution is 2.16. The molecule has 0 fully saturated rings. The molecule has 0 saturated heterocycles. The Morgan fingerprint density at radius 2 is 1.75 bits per heavy atom. The normalized spacial score (nSPS) is 10.9. The van der Waals surface area contributed by atoms with Gasteiger partial charge in [0, 0.05) is 6.42 Å². The highest BCUT2D eigenvalue weighted by Gasteiger charge is 2.15. The first-order chi connectivity index (χ1) is 7.66. The van der Waals surface area contributed by atoms with E-state index in [1.54, 1.807) is 12.1 Å². The number of rotatable bonds is 3. The minimum Gasteiger partial charge on any atom is -0.293 e. The Morgan fingerprint density at radius 1 is 1.06 bits per heavy atom. The molecular weight excluding hydrogens is 210 g/mol. The van der Waals surface area contributed by atoms with Crippen LogP contribution in [0.5, 0.6) is 0 Å². The SMILES string of the molecule is O=C(Cc1ccc2ccccc2c1)C(F)F. The first kappa shape index (κ1) is 10.7. The summed E-state index contributed by atoms with van der Waals surface area (Å²) in [4.78, 5) is 10.9. The van der Waals surface area contributed by atoms with Crippen LogP contribution < -0.4 is 0 Å². The number of ketones is 1. The van der Waals surface area contributed by atoms with E-state index in [4.69, 9.17) is 0 Å². The van der Waals surface area contributed by atoms with Gasteiger partial charge < -0.3 is 0 Å². The van der Waals surface area contributed by atoms with Gasteiger partial charge in [-0.05, 0) is 16.3 Å². The van der Waals surface area contributed by atoms with E-state index < -0.39 is 12.2 Å². The third-order valence-corrected chi connectivity index (χ3v) is 2.44. The predicted molar refractivity (Wildman–Crippen MR) is 58.7 cm³/mol. The van der Waals surface area contributed by atoms with Crippen LogP contribution in [0.25, 0.3) is 10.8 Å². The van der Waals surface area contributed by atoms with Crippen molar-refractivity contribution < 1.29 is 13.6 Å². The average Bonchev–Trinajstić information content (AvgIpc) is 2.28. The summed E-state index contributed by atoms with van der Waals surface area (Å²) in [5.41, 5.74) is 0.629. The van der Waals surface area contributed by atoms with E-state index in [0.717, 1.165) is 10.8 Å². The van der Waals surface area contributed by atoms with Crippen molar-refractivity contribution in [1.82, 2.24) is 0 Å².